The molecule has 1 aromatic carbocycles. The molecule has 2 rings (SSSR count). The van der Waals surface area contributed by atoms with E-state index in [1.807, 2.05) is 13.8 Å². The molecule has 0 amide bonds. The largest absolute Gasteiger partial charge is 0.494 e. The zero-order valence-corrected chi connectivity index (χ0v) is 14.5. The van der Waals surface area contributed by atoms with Gasteiger partial charge < -0.3 is 9.47 Å². The number of thiophene rings is 1. The minimum atomic E-state index is -3.72. The lowest BCUT2D eigenvalue weighted by molar-refractivity contribution is 0.332. The molecule has 120 valence electrons. The van der Waals surface area contributed by atoms with Crippen LogP contribution in [0.1, 0.15) is 13.8 Å². The molecule has 0 saturated carbocycles. The Hall–Kier alpha value is -1.44. The number of hydrogen-bond donors (Lipinski definition) is 1. The molecule has 0 radical (unpaired) electrons. The lowest BCUT2D eigenvalue weighted by Crippen LogP contribution is -2.12. The van der Waals surface area contributed by atoms with E-state index in [1.165, 1.54) is 6.07 Å². The second-order valence-corrected chi connectivity index (χ2v) is 7.81. The van der Waals surface area contributed by atoms with Crippen LogP contribution in [0.2, 0.25) is 4.34 Å². The van der Waals surface area contributed by atoms with Crippen molar-refractivity contribution in [3.8, 4) is 11.5 Å². The molecule has 0 aliphatic heterocycles. The minimum absolute atomic E-state index is 0.141. The topological polar surface area (TPSA) is 64.6 Å². The molecular weight excluding hydrogens is 346 g/mol. The van der Waals surface area contributed by atoms with Gasteiger partial charge in [0.1, 0.15) is 15.7 Å². The molecule has 8 heteroatoms. The number of anilines is 1. The summed E-state index contributed by atoms with van der Waals surface area (Å²) < 4.78 is 38.7. The summed E-state index contributed by atoms with van der Waals surface area (Å²) in [5.74, 6) is 1.00. The molecule has 1 N–H and O–H groups in total. The van der Waals surface area contributed by atoms with Crippen molar-refractivity contribution >= 4 is 38.6 Å². The molecule has 0 unspecified atom stereocenters. The van der Waals surface area contributed by atoms with Crippen LogP contribution in [0.3, 0.4) is 0 Å². The van der Waals surface area contributed by atoms with Crippen molar-refractivity contribution in [3.05, 3.63) is 34.7 Å². The van der Waals surface area contributed by atoms with E-state index < -0.39 is 10.0 Å². The number of sulfonamides is 1. The molecule has 5 nitrogen and oxygen atoms in total. The second-order valence-electron chi connectivity index (χ2n) is 4.19. The third-order valence-corrected chi connectivity index (χ3v) is 5.71. The number of ether oxygens (including phenoxy) is 2. The van der Waals surface area contributed by atoms with Gasteiger partial charge in [0.05, 0.1) is 23.2 Å². The van der Waals surface area contributed by atoms with Gasteiger partial charge in [-0.1, -0.05) is 11.6 Å². The zero-order chi connectivity index (χ0) is 16.2. The van der Waals surface area contributed by atoms with Crippen molar-refractivity contribution in [1.29, 1.82) is 0 Å². The summed E-state index contributed by atoms with van der Waals surface area (Å²) in [4.78, 5) is 0. The summed E-state index contributed by atoms with van der Waals surface area (Å²) >= 11 is 6.79. The van der Waals surface area contributed by atoms with E-state index >= 15 is 0 Å². The van der Waals surface area contributed by atoms with Crippen LogP contribution < -0.4 is 14.2 Å². The highest BCUT2D eigenvalue weighted by Gasteiger charge is 2.19. The van der Waals surface area contributed by atoms with Gasteiger partial charge in [-0.3, -0.25) is 4.72 Å². The van der Waals surface area contributed by atoms with Crippen molar-refractivity contribution < 1.29 is 17.9 Å². The first-order valence-corrected chi connectivity index (χ1v) is 9.31. The fourth-order valence-corrected chi connectivity index (χ4v) is 4.31. The van der Waals surface area contributed by atoms with Crippen LogP contribution in [0.5, 0.6) is 11.5 Å². The number of rotatable bonds is 7. The van der Waals surface area contributed by atoms with Gasteiger partial charge in [0, 0.05) is 6.07 Å². The first-order valence-electron chi connectivity index (χ1n) is 6.64. The fraction of sp³-hybridized carbons (Fsp3) is 0.286. The zero-order valence-electron chi connectivity index (χ0n) is 12.1. The molecule has 0 atom stereocenters. The van der Waals surface area contributed by atoms with Crippen LogP contribution in [-0.4, -0.2) is 21.6 Å². The second kappa shape index (κ2) is 7.21. The summed E-state index contributed by atoms with van der Waals surface area (Å²) in [6.07, 6.45) is 0. The summed E-state index contributed by atoms with van der Waals surface area (Å²) in [5, 5.41) is 0. The highest BCUT2D eigenvalue weighted by atomic mass is 35.5. The van der Waals surface area contributed by atoms with Crippen LogP contribution in [0, 0.1) is 0 Å². The molecule has 0 fully saturated rings. The molecular formula is C14H16ClNO4S2. The smallest absolute Gasteiger partial charge is 0.271 e. The Labute approximate surface area is 138 Å². The SMILES string of the molecule is CCOc1ccc(OCC)c(NS(=O)(=O)c2ccc(Cl)s2)c1. The monoisotopic (exact) mass is 361 g/mol. The van der Waals surface area contributed by atoms with E-state index in [4.69, 9.17) is 21.1 Å². The summed E-state index contributed by atoms with van der Waals surface area (Å²) in [6, 6.07) is 8.01. The standard InChI is InChI=1S/C14H16ClNO4S2/c1-3-19-10-5-6-12(20-4-2)11(9-10)16-22(17,18)14-8-7-13(15)21-14/h5-9,16H,3-4H2,1-2H3. The number of hydrogen-bond acceptors (Lipinski definition) is 5. The normalized spacial score (nSPS) is 11.2. The molecule has 0 aliphatic carbocycles. The van der Waals surface area contributed by atoms with E-state index in [0.717, 1.165) is 11.3 Å². The van der Waals surface area contributed by atoms with Gasteiger partial charge in [-0.15, -0.1) is 11.3 Å². The van der Waals surface area contributed by atoms with Crippen molar-refractivity contribution in [2.24, 2.45) is 0 Å². The molecule has 0 bridgehead atoms. The van der Waals surface area contributed by atoms with Crippen LogP contribution in [0.15, 0.2) is 34.5 Å². The van der Waals surface area contributed by atoms with Crippen LogP contribution in [0.25, 0.3) is 0 Å². The predicted molar refractivity (Wildman–Crippen MR) is 88.9 cm³/mol. The highest BCUT2D eigenvalue weighted by molar-refractivity contribution is 7.94. The maximum absolute atomic E-state index is 12.4. The third kappa shape index (κ3) is 4.06. The first-order chi connectivity index (χ1) is 10.5. The molecule has 0 aliphatic rings. The third-order valence-electron chi connectivity index (χ3n) is 2.62. The van der Waals surface area contributed by atoms with Gasteiger partial charge >= 0.3 is 0 Å². The van der Waals surface area contributed by atoms with Crippen LogP contribution >= 0.6 is 22.9 Å². The molecule has 0 spiro atoms. The molecule has 22 heavy (non-hydrogen) atoms. The Morgan fingerprint density at radius 3 is 2.45 bits per heavy atom. The maximum Gasteiger partial charge on any atom is 0.271 e. The number of nitrogens with one attached hydrogen (secondary N) is 1. The summed E-state index contributed by atoms with van der Waals surface area (Å²) in [6.45, 7) is 4.59. The number of halogens is 1. The lowest BCUT2D eigenvalue weighted by Gasteiger charge is -2.14. The summed E-state index contributed by atoms with van der Waals surface area (Å²) in [7, 11) is -3.72. The van der Waals surface area contributed by atoms with Crippen molar-refractivity contribution in [3.63, 3.8) is 0 Å². The molecule has 2 aromatic rings. The minimum Gasteiger partial charge on any atom is -0.494 e. The highest BCUT2D eigenvalue weighted by Crippen LogP contribution is 2.33. The van der Waals surface area contributed by atoms with Gasteiger partial charge in [-0.25, -0.2) is 8.42 Å². The molecule has 0 saturated heterocycles. The average Bonchev–Trinajstić information content (AvgIpc) is 2.89. The Morgan fingerprint density at radius 2 is 1.86 bits per heavy atom. The van der Waals surface area contributed by atoms with E-state index in [9.17, 15) is 8.42 Å². The Kier molecular flexibility index (Phi) is 5.55. The molecule has 1 heterocycles. The van der Waals surface area contributed by atoms with E-state index in [1.54, 1.807) is 24.3 Å². The average molecular weight is 362 g/mol. The van der Waals surface area contributed by atoms with E-state index in [-0.39, 0.29) is 4.21 Å². The van der Waals surface area contributed by atoms with Crippen molar-refractivity contribution in [2.45, 2.75) is 18.1 Å². The Balaban J connectivity index is 2.35. The van der Waals surface area contributed by atoms with Gasteiger partial charge in [-0.05, 0) is 38.1 Å². The van der Waals surface area contributed by atoms with E-state index in [2.05, 4.69) is 4.72 Å². The quantitative estimate of drug-likeness (QED) is 0.809. The van der Waals surface area contributed by atoms with Crippen LogP contribution in [-0.2, 0) is 10.0 Å². The first kappa shape index (κ1) is 16.9. The number of benzene rings is 1. The Morgan fingerprint density at radius 1 is 1.14 bits per heavy atom. The van der Waals surface area contributed by atoms with Gasteiger partial charge in [0.25, 0.3) is 10.0 Å². The van der Waals surface area contributed by atoms with Crippen molar-refractivity contribution in [1.82, 2.24) is 0 Å². The maximum atomic E-state index is 12.4. The Bertz CT molecular complexity index is 743. The van der Waals surface area contributed by atoms with Crippen LogP contribution in [0.4, 0.5) is 5.69 Å². The van der Waals surface area contributed by atoms with Gasteiger partial charge in [0.15, 0.2) is 0 Å². The van der Waals surface area contributed by atoms with Gasteiger partial charge in [0.2, 0.25) is 0 Å². The predicted octanol–water partition coefficient (Wildman–Crippen LogP) is 4.00. The fourth-order valence-electron chi connectivity index (χ4n) is 1.76. The molecule has 1 aromatic heterocycles. The van der Waals surface area contributed by atoms with Crippen molar-refractivity contribution in [2.75, 3.05) is 17.9 Å². The van der Waals surface area contributed by atoms with Gasteiger partial charge in [-0.2, -0.15) is 0 Å². The lowest BCUT2D eigenvalue weighted by atomic mass is 10.3. The van der Waals surface area contributed by atoms with E-state index in [0.29, 0.717) is 34.7 Å². The summed E-state index contributed by atoms with van der Waals surface area (Å²) in [5.41, 5.74) is 0.331.